The number of piperidine rings is 1. The number of carbonyl (C=O) groups excluding carboxylic acids is 1. The maximum atomic E-state index is 13.0. The molecule has 5 heteroatoms. The highest BCUT2D eigenvalue weighted by Crippen LogP contribution is 2.29. The number of nitrogens with zero attached hydrogens (tertiary/aromatic N) is 3. The maximum absolute atomic E-state index is 13.0. The molecule has 0 unspecified atom stereocenters. The highest BCUT2D eigenvalue weighted by molar-refractivity contribution is 5.83. The first-order valence-corrected chi connectivity index (χ1v) is 8.33. The van der Waals surface area contributed by atoms with Gasteiger partial charge < -0.3 is 9.42 Å². The van der Waals surface area contributed by atoms with E-state index in [1.807, 2.05) is 42.2 Å². The molecule has 2 atom stereocenters. The molecule has 1 aromatic heterocycles. The van der Waals surface area contributed by atoms with E-state index in [2.05, 4.69) is 17.1 Å². The lowest BCUT2D eigenvalue weighted by atomic mass is 9.92. The van der Waals surface area contributed by atoms with Crippen molar-refractivity contribution in [1.29, 1.82) is 0 Å². The summed E-state index contributed by atoms with van der Waals surface area (Å²) in [5.41, 5.74) is 1.09. The van der Waals surface area contributed by atoms with Gasteiger partial charge in [0.05, 0.1) is 11.8 Å². The van der Waals surface area contributed by atoms with Crippen LogP contribution in [0.1, 0.15) is 55.3 Å². The summed E-state index contributed by atoms with van der Waals surface area (Å²) < 4.78 is 5.30. The largest absolute Gasteiger partial charge is 0.341 e. The molecular formula is C18H23N3O2. The fourth-order valence-corrected chi connectivity index (χ4v) is 3.32. The van der Waals surface area contributed by atoms with Crippen molar-refractivity contribution < 1.29 is 9.32 Å². The topological polar surface area (TPSA) is 59.2 Å². The Balaban J connectivity index is 1.73. The number of aryl methyl sites for hydroxylation is 1. The summed E-state index contributed by atoms with van der Waals surface area (Å²) in [6, 6.07) is 10.0. The number of rotatable bonds is 4. The second-order valence-corrected chi connectivity index (χ2v) is 6.17. The molecule has 2 aromatic rings. The molecule has 0 aliphatic carbocycles. The minimum atomic E-state index is -0.0700. The van der Waals surface area contributed by atoms with Gasteiger partial charge in [-0.15, -0.1) is 0 Å². The van der Waals surface area contributed by atoms with Crippen LogP contribution in [0.5, 0.6) is 0 Å². The van der Waals surface area contributed by atoms with Crippen molar-refractivity contribution in [2.75, 3.05) is 13.1 Å². The molecule has 1 aliphatic heterocycles. The maximum Gasteiger partial charge on any atom is 0.231 e. The van der Waals surface area contributed by atoms with Crippen molar-refractivity contribution in [1.82, 2.24) is 15.0 Å². The first-order valence-electron chi connectivity index (χ1n) is 8.33. The smallest absolute Gasteiger partial charge is 0.231 e. The molecule has 1 aliphatic rings. The Morgan fingerprint density at radius 1 is 1.39 bits per heavy atom. The predicted octanol–water partition coefficient (Wildman–Crippen LogP) is 3.28. The van der Waals surface area contributed by atoms with Gasteiger partial charge in [0.25, 0.3) is 0 Å². The van der Waals surface area contributed by atoms with Crippen LogP contribution < -0.4 is 0 Å². The Bertz CT molecular complexity index is 653. The number of hydrogen-bond donors (Lipinski definition) is 0. The van der Waals surface area contributed by atoms with Crippen LogP contribution in [0.2, 0.25) is 0 Å². The van der Waals surface area contributed by atoms with Crippen molar-refractivity contribution in [3.05, 3.63) is 47.6 Å². The highest BCUT2D eigenvalue weighted by atomic mass is 16.5. The summed E-state index contributed by atoms with van der Waals surface area (Å²) in [7, 11) is 0. The van der Waals surface area contributed by atoms with Crippen LogP contribution in [0.4, 0.5) is 0 Å². The van der Waals surface area contributed by atoms with E-state index >= 15 is 0 Å². The molecule has 3 rings (SSSR count). The van der Waals surface area contributed by atoms with E-state index in [0.717, 1.165) is 31.4 Å². The zero-order valence-electron chi connectivity index (χ0n) is 13.7. The molecule has 122 valence electrons. The molecule has 2 heterocycles. The second-order valence-electron chi connectivity index (χ2n) is 6.17. The normalized spacial score (nSPS) is 19.6. The summed E-state index contributed by atoms with van der Waals surface area (Å²) in [6.07, 6.45) is 2.78. The average Bonchev–Trinajstić information content (AvgIpc) is 3.03. The van der Waals surface area contributed by atoms with Gasteiger partial charge in [-0.25, -0.2) is 0 Å². The molecule has 0 bridgehead atoms. The molecule has 0 saturated carbocycles. The Labute approximate surface area is 136 Å². The number of hydrogen-bond acceptors (Lipinski definition) is 4. The number of amides is 1. The monoisotopic (exact) mass is 313 g/mol. The average molecular weight is 313 g/mol. The van der Waals surface area contributed by atoms with Crippen LogP contribution in [-0.2, 0) is 4.79 Å². The van der Waals surface area contributed by atoms with Gasteiger partial charge in [0.1, 0.15) is 0 Å². The first-order chi connectivity index (χ1) is 11.2. The fraction of sp³-hybridized carbons (Fsp3) is 0.500. The Hall–Kier alpha value is -2.17. The van der Waals surface area contributed by atoms with Crippen molar-refractivity contribution in [2.45, 2.75) is 44.9 Å². The molecule has 5 nitrogen and oxygen atoms in total. The molecule has 23 heavy (non-hydrogen) atoms. The molecule has 1 saturated heterocycles. The number of likely N-dealkylation sites (tertiary alicyclic amines) is 1. The van der Waals surface area contributed by atoms with Gasteiger partial charge in [-0.05, 0) is 31.7 Å². The third kappa shape index (κ3) is 3.44. The summed E-state index contributed by atoms with van der Waals surface area (Å²) >= 11 is 0. The fourth-order valence-electron chi connectivity index (χ4n) is 3.32. The van der Waals surface area contributed by atoms with E-state index in [4.69, 9.17) is 4.52 Å². The second kappa shape index (κ2) is 6.94. The van der Waals surface area contributed by atoms with Crippen LogP contribution in [0.15, 0.2) is 34.9 Å². The van der Waals surface area contributed by atoms with Crippen LogP contribution in [0.3, 0.4) is 0 Å². The molecule has 1 amide bonds. The molecular weight excluding hydrogens is 290 g/mol. The van der Waals surface area contributed by atoms with Crippen LogP contribution in [-0.4, -0.2) is 34.0 Å². The molecule has 0 N–H and O–H groups in total. The van der Waals surface area contributed by atoms with Crippen LogP contribution >= 0.6 is 0 Å². The number of benzene rings is 1. The van der Waals surface area contributed by atoms with Gasteiger partial charge in [0, 0.05) is 13.1 Å². The van der Waals surface area contributed by atoms with Crippen LogP contribution in [0.25, 0.3) is 0 Å². The molecule has 1 fully saturated rings. The summed E-state index contributed by atoms with van der Waals surface area (Å²) in [5.74, 6) is 1.60. The third-order valence-electron chi connectivity index (χ3n) is 4.53. The lowest BCUT2D eigenvalue weighted by Crippen LogP contribution is -2.41. The van der Waals surface area contributed by atoms with Gasteiger partial charge in [-0.2, -0.15) is 4.98 Å². The summed E-state index contributed by atoms with van der Waals surface area (Å²) in [4.78, 5) is 19.3. The molecule has 0 spiro atoms. The van der Waals surface area contributed by atoms with E-state index in [9.17, 15) is 4.79 Å². The Morgan fingerprint density at radius 2 is 2.17 bits per heavy atom. The number of aromatic nitrogens is 2. The lowest BCUT2D eigenvalue weighted by molar-refractivity contribution is -0.134. The van der Waals surface area contributed by atoms with E-state index in [1.54, 1.807) is 0 Å². The Morgan fingerprint density at radius 3 is 2.83 bits per heavy atom. The van der Waals surface area contributed by atoms with Gasteiger partial charge in [-0.1, -0.05) is 42.4 Å². The lowest BCUT2D eigenvalue weighted by Gasteiger charge is -2.33. The van der Waals surface area contributed by atoms with Crippen molar-refractivity contribution in [3.8, 4) is 0 Å². The van der Waals surface area contributed by atoms with Crippen molar-refractivity contribution >= 4 is 5.91 Å². The van der Waals surface area contributed by atoms with E-state index in [-0.39, 0.29) is 17.7 Å². The van der Waals surface area contributed by atoms with Gasteiger partial charge >= 0.3 is 0 Å². The van der Waals surface area contributed by atoms with Gasteiger partial charge in [0.2, 0.25) is 11.8 Å². The number of carbonyl (C=O) groups is 1. The van der Waals surface area contributed by atoms with Crippen molar-refractivity contribution in [3.63, 3.8) is 0 Å². The van der Waals surface area contributed by atoms with E-state index in [0.29, 0.717) is 18.3 Å². The van der Waals surface area contributed by atoms with Gasteiger partial charge in [0.15, 0.2) is 5.82 Å². The minimum absolute atomic E-state index is 0.0700. The summed E-state index contributed by atoms with van der Waals surface area (Å²) in [6.45, 7) is 5.37. The van der Waals surface area contributed by atoms with E-state index < -0.39 is 0 Å². The molecule has 1 aromatic carbocycles. The van der Waals surface area contributed by atoms with E-state index in [1.165, 1.54) is 0 Å². The zero-order valence-corrected chi connectivity index (χ0v) is 13.7. The SMILES string of the molecule is CC[C@H](C(=O)N1CCC[C@@H](c2nc(C)no2)C1)c1ccccc1. The standard InChI is InChI=1S/C18H23N3O2/c1-3-16(14-8-5-4-6-9-14)18(22)21-11-7-10-15(12-21)17-19-13(2)20-23-17/h4-6,8-9,15-16H,3,7,10-12H2,1-2H3/t15-,16+/m1/s1. The first kappa shape index (κ1) is 15.7. The van der Waals surface area contributed by atoms with Gasteiger partial charge in [-0.3, -0.25) is 4.79 Å². The quantitative estimate of drug-likeness (QED) is 0.869. The zero-order chi connectivity index (χ0) is 16.2. The molecule has 0 radical (unpaired) electrons. The van der Waals surface area contributed by atoms with Crippen molar-refractivity contribution in [2.24, 2.45) is 0 Å². The van der Waals surface area contributed by atoms with Crippen LogP contribution in [0, 0.1) is 6.92 Å². The highest BCUT2D eigenvalue weighted by Gasteiger charge is 2.31. The third-order valence-corrected chi connectivity index (χ3v) is 4.53. The Kier molecular flexibility index (Phi) is 4.74. The summed E-state index contributed by atoms with van der Waals surface area (Å²) in [5, 5.41) is 3.87. The minimum Gasteiger partial charge on any atom is -0.341 e. The predicted molar refractivity (Wildman–Crippen MR) is 87.1 cm³/mol.